The molecule has 0 spiro atoms. The molecule has 0 saturated heterocycles. The van der Waals surface area contributed by atoms with Crippen molar-refractivity contribution in [2.24, 2.45) is 5.73 Å². The molecule has 7 nitrogen and oxygen atoms in total. The summed E-state index contributed by atoms with van der Waals surface area (Å²) < 4.78 is 22.8. The van der Waals surface area contributed by atoms with Gasteiger partial charge >= 0.3 is 0 Å². The van der Waals surface area contributed by atoms with Crippen LogP contribution in [0.25, 0.3) is 16.7 Å². The summed E-state index contributed by atoms with van der Waals surface area (Å²) in [4.78, 5) is 6.71. The molecule has 2 N–H and O–H groups in total. The number of rotatable bonds is 1. The monoisotopic (exact) mass is 430 g/mol. The largest absolute Gasteiger partial charge is 0.375 e. The van der Waals surface area contributed by atoms with Crippen LogP contribution in [0.15, 0.2) is 36.4 Å². The average Bonchev–Trinajstić information content (AvgIpc) is 2.99. The van der Waals surface area contributed by atoms with Gasteiger partial charge in [-0.3, -0.25) is 4.40 Å². The van der Waals surface area contributed by atoms with Crippen LogP contribution < -0.4 is 10.6 Å². The molecule has 2 aromatic carbocycles. The molecule has 0 unspecified atom stereocenters. The molecule has 0 amide bonds. The second-order valence-corrected chi connectivity index (χ2v) is 8.43. The fraction of sp³-hybridized carbons (Fsp3) is 0.292. The van der Waals surface area contributed by atoms with Crippen molar-refractivity contribution in [2.75, 3.05) is 18.1 Å². The molecule has 0 fully saturated rings. The summed E-state index contributed by atoms with van der Waals surface area (Å²) in [7, 11) is 0. The lowest BCUT2D eigenvalue weighted by Gasteiger charge is -2.25. The lowest BCUT2D eigenvalue weighted by Crippen LogP contribution is -2.29. The third-order valence-electron chi connectivity index (χ3n) is 5.39. The molecule has 32 heavy (non-hydrogen) atoms. The summed E-state index contributed by atoms with van der Waals surface area (Å²) in [5.41, 5.74) is 8.74. The summed E-state index contributed by atoms with van der Waals surface area (Å²) in [6.45, 7) is 6.90. The Morgan fingerprint density at radius 3 is 2.78 bits per heavy atom. The van der Waals surface area contributed by atoms with E-state index >= 15 is 4.39 Å². The fourth-order valence-electron chi connectivity index (χ4n) is 3.97. The zero-order chi connectivity index (χ0) is 22.5. The van der Waals surface area contributed by atoms with Crippen LogP contribution >= 0.6 is 0 Å². The molecule has 2 aromatic heterocycles. The summed E-state index contributed by atoms with van der Waals surface area (Å²) in [6.07, 6.45) is 0. The fourth-order valence-corrected chi connectivity index (χ4v) is 3.97. The molecule has 1 aliphatic rings. The number of aromatic nitrogens is 4. The van der Waals surface area contributed by atoms with Crippen molar-refractivity contribution in [3.05, 3.63) is 59.2 Å². The SMILES string of the molecule is Cc1nnc2nc(N3CCOCc4c(C#CC(C)(C)N)cccc43)c3c(F)cccc3n12. The molecule has 5 rings (SSSR count). The minimum absolute atomic E-state index is 0.354. The summed E-state index contributed by atoms with van der Waals surface area (Å²) in [6, 6.07) is 10.8. The number of anilines is 2. The van der Waals surface area contributed by atoms with Gasteiger partial charge in [-0.05, 0) is 45.0 Å². The first kappa shape index (κ1) is 20.4. The van der Waals surface area contributed by atoms with Gasteiger partial charge in [-0.2, -0.15) is 4.98 Å². The second kappa shape index (κ2) is 7.55. The average molecular weight is 430 g/mol. The van der Waals surface area contributed by atoms with Crippen LogP contribution in [0.1, 0.15) is 30.8 Å². The zero-order valence-electron chi connectivity index (χ0n) is 18.2. The number of hydrogen-bond donors (Lipinski definition) is 1. The van der Waals surface area contributed by atoms with Crippen molar-refractivity contribution in [3.63, 3.8) is 0 Å². The molecule has 0 saturated carbocycles. The van der Waals surface area contributed by atoms with Gasteiger partial charge in [0.2, 0.25) is 0 Å². The van der Waals surface area contributed by atoms with Gasteiger partial charge in [-0.25, -0.2) is 4.39 Å². The van der Waals surface area contributed by atoms with E-state index in [1.165, 1.54) is 6.07 Å². The summed E-state index contributed by atoms with van der Waals surface area (Å²) in [5, 5.41) is 8.75. The molecule has 0 bridgehead atoms. The van der Waals surface area contributed by atoms with E-state index in [1.807, 2.05) is 49.9 Å². The Morgan fingerprint density at radius 1 is 1.16 bits per heavy atom. The third-order valence-corrected chi connectivity index (χ3v) is 5.39. The van der Waals surface area contributed by atoms with Crippen molar-refractivity contribution < 1.29 is 9.13 Å². The van der Waals surface area contributed by atoms with E-state index in [0.717, 1.165) is 16.8 Å². The number of fused-ring (bicyclic) bond motifs is 4. The predicted octanol–water partition coefficient (Wildman–Crippen LogP) is 3.48. The molecular weight excluding hydrogens is 407 g/mol. The first-order valence-corrected chi connectivity index (χ1v) is 10.4. The van der Waals surface area contributed by atoms with E-state index in [4.69, 9.17) is 15.5 Å². The van der Waals surface area contributed by atoms with Crippen LogP contribution in [0, 0.1) is 24.6 Å². The maximum absolute atomic E-state index is 15.2. The highest BCUT2D eigenvalue weighted by Crippen LogP contribution is 2.37. The van der Waals surface area contributed by atoms with Gasteiger partial charge in [0.1, 0.15) is 17.5 Å². The van der Waals surface area contributed by atoms with E-state index in [0.29, 0.717) is 48.1 Å². The van der Waals surface area contributed by atoms with Gasteiger partial charge in [0, 0.05) is 23.4 Å². The predicted molar refractivity (Wildman–Crippen MR) is 121 cm³/mol. The van der Waals surface area contributed by atoms with Gasteiger partial charge in [-0.1, -0.05) is 24.0 Å². The molecule has 1 aliphatic heterocycles. The van der Waals surface area contributed by atoms with Crippen molar-refractivity contribution in [2.45, 2.75) is 32.9 Å². The van der Waals surface area contributed by atoms with E-state index in [2.05, 4.69) is 22.0 Å². The first-order chi connectivity index (χ1) is 15.3. The highest BCUT2D eigenvalue weighted by molar-refractivity contribution is 5.94. The van der Waals surface area contributed by atoms with Gasteiger partial charge in [0.15, 0.2) is 0 Å². The van der Waals surface area contributed by atoms with Crippen molar-refractivity contribution in [1.82, 2.24) is 19.6 Å². The van der Waals surface area contributed by atoms with Crippen molar-refractivity contribution >= 4 is 28.2 Å². The zero-order valence-corrected chi connectivity index (χ0v) is 18.2. The number of halogens is 1. The lowest BCUT2D eigenvalue weighted by atomic mass is 10.0. The van der Waals surface area contributed by atoms with Gasteiger partial charge < -0.3 is 15.4 Å². The van der Waals surface area contributed by atoms with E-state index in [-0.39, 0.29) is 5.82 Å². The molecule has 3 heterocycles. The first-order valence-electron chi connectivity index (χ1n) is 10.4. The Balaban J connectivity index is 1.77. The van der Waals surface area contributed by atoms with Gasteiger partial charge in [-0.15, -0.1) is 10.2 Å². The highest BCUT2D eigenvalue weighted by atomic mass is 19.1. The molecule has 0 radical (unpaired) electrons. The van der Waals surface area contributed by atoms with Crippen molar-refractivity contribution in [3.8, 4) is 11.8 Å². The Bertz CT molecular complexity index is 1410. The normalized spacial score (nSPS) is 14.2. The number of ether oxygens (including phenoxy) is 1. The Morgan fingerprint density at radius 2 is 1.97 bits per heavy atom. The van der Waals surface area contributed by atoms with Crippen molar-refractivity contribution in [1.29, 1.82) is 0 Å². The smallest absolute Gasteiger partial charge is 0.257 e. The number of nitrogens with two attached hydrogens (primary N) is 1. The minimum atomic E-state index is -0.620. The number of benzene rings is 2. The lowest BCUT2D eigenvalue weighted by molar-refractivity contribution is 0.133. The van der Waals surface area contributed by atoms with E-state index in [9.17, 15) is 0 Å². The number of nitrogens with zero attached hydrogens (tertiary/aromatic N) is 5. The highest BCUT2D eigenvalue weighted by Gasteiger charge is 2.25. The Labute approximate surface area is 185 Å². The molecule has 0 atom stereocenters. The summed E-state index contributed by atoms with van der Waals surface area (Å²) >= 11 is 0. The molecule has 8 heteroatoms. The molecule has 162 valence electrons. The molecule has 4 aromatic rings. The maximum Gasteiger partial charge on any atom is 0.257 e. The van der Waals surface area contributed by atoms with Crippen LogP contribution in [0.2, 0.25) is 0 Å². The summed E-state index contributed by atoms with van der Waals surface area (Å²) in [5.74, 6) is 7.47. The second-order valence-electron chi connectivity index (χ2n) is 8.43. The minimum Gasteiger partial charge on any atom is -0.375 e. The molecular formula is C24H23FN6O. The van der Waals surface area contributed by atoms with E-state index in [1.54, 1.807) is 10.5 Å². The van der Waals surface area contributed by atoms with Crippen LogP contribution in [-0.2, 0) is 11.3 Å². The Hall–Kier alpha value is -3.54. The molecule has 0 aliphatic carbocycles. The van der Waals surface area contributed by atoms with Crippen LogP contribution in [-0.4, -0.2) is 38.3 Å². The van der Waals surface area contributed by atoms with Crippen LogP contribution in [0.4, 0.5) is 15.9 Å². The number of aryl methyl sites for hydroxylation is 1. The number of hydrogen-bond acceptors (Lipinski definition) is 6. The van der Waals surface area contributed by atoms with Gasteiger partial charge in [0.25, 0.3) is 5.78 Å². The van der Waals surface area contributed by atoms with E-state index < -0.39 is 5.54 Å². The quantitative estimate of drug-likeness (QED) is 0.466. The standard InChI is InChI=1S/C24H23FN6O/c1-15-28-29-23-27-22(21-18(25)7-5-9-20(21)31(15)23)30-12-13-32-14-17-16(6-4-8-19(17)30)10-11-24(2,3)26/h4-9H,12-14,26H2,1-3H3. The van der Waals surface area contributed by atoms with Crippen LogP contribution in [0.3, 0.4) is 0 Å². The topological polar surface area (TPSA) is 81.6 Å². The Kier molecular flexibility index (Phi) is 4.81. The van der Waals surface area contributed by atoms with Crippen LogP contribution in [0.5, 0.6) is 0 Å². The third kappa shape index (κ3) is 3.45. The van der Waals surface area contributed by atoms with Gasteiger partial charge in [0.05, 0.1) is 29.7 Å². The maximum atomic E-state index is 15.2.